The smallest absolute Gasteiger partial charge is 0.132 e. The zero-order chi connectivity index (χ0) is 29.1. The first-order chi connectivity index (χ1) is 18.3. The molecule has 0 bridgehead atoms. The Morgan fingerprint density at radius 1 is 0.718 bits per heavy atom. The third-order valence-electron chi connectivity index (χ3n) is 5.19. The second kappa shape index (κ2) is 15.9. The van der Waals surface area contributed by atoms with Crippen molar-refractivity contribution in [3.8, 4) is 23.4 Å². The minimum Gasteiger partial charge on any atom is -0.378 e. The highest BCUT2D eigenvalue weighted by atomic mass is 35.5. The molecule has 0 atom stereocenters. The number of aromatic nitrogens is 2. The second-order valence-electron chi connectivity index (χ2n) is 11.1. The average Bonchev–Trinajstić information content (AvgIpc) is 2.88. The highest BCUT2D eigenvalue weighted by molar-refractivity contribution is 6.84. The number of anilines is 2. The Morgan fingerprint density at radius 3 is 1.56 bits per heavy atom. The van der Waals surface area contributed by atoms with E-state index in [0.29, 0.717) is 15.2 Å². The van der Waals surface area contributed by atoms with Gasteiger partial charge in [0.25, 0.3) is 0 Å². The van der Waals surface area contributed by atoms with Crippen LogP contribution in [0.2, 0.25) is 54.5 Å². The summed E-state index contributed by atoms with van der Waals surface area (Å²) in [6.45, 7) is 19.4. The van der Waals surface area contributed by atoms with Crippen LogP contribution in [-0.2, 0) is 9.47 Å². The van der Waals surface area contributed by atoms with Gasteiger partial charge in [0.15, 0.2) is 0 Å². The Hall–Kier alpha value is -1.76. The number of terminal acetylenes is 1. The van der Waals surface area contributed by atoms with Crippen LogP contribution < -0.4 is 9.80 Å². The number of morpholine rings is 2. The van der Waals surface area contributed by atoms with Crippen molar-refractivity contribution in [1.82, 2.24) is 9.97 Å². The molecule has 2 aliphatic heterocycles. The molecule has 39 heavy (non-hydrogen) atoms. The standard InChI is InChI=1S/C14H19ClN2OSi.C9H10Cl2N2O.C5H10Si/c1-19(2,3)9-4-13-10-12(15)11-14(16-13)17-5-7-18-8-6-17;10-7-5-8(11)12-9(6-7)13-1-3-14-4-2-13;1-5-6(2,3)4/h10-11H,5-8H2,1-3H3;5-6H,1-4H2;1H,2-4H3. The second-order valence-corrected chi connectivity index (χ2v) is 21.9. The molecule has 2 aliphatic rings. The number of hydrogen-bond donors (Lipinski definition) is 0. The zero-order valence-electron chi connectivity index (χ0n) is 23.8. The minimum absolute atomic E-state index is 0.430. The molecule has 2 aromatic rings. The van der Waals surface area contributed by atoms with E-state index in [0.717, 1.165) is 69.9 Å². The number of halogens is 3. The molecule has 212 valence electrons. The molecule has 0 spiro atoms. The summed E-state index contributed by atoms with van der Waals surface area (Å²) in [6, 6.07) is 7.18. The van der Waals surface area contributed by atoms with Gasteiger partial charge in [0, 0.05) is 36.2 Å². The zero-order valence-corrected chi connectivity index (χ0v) is 28.1. The predicted molar refractivity (Wildman–Crippen MR) is 172 cm³/mol. The van der Waals surface area contributed by atoms with E-state index in [1.807, 2.05) is 18.2 Å². The van der Waals surface area contributed by atoms with Gasteiger partial charge >= 0.3 is 0 Å². The Bertz CT molecular complexity index is 1150. The normalized spacial score (nSPS) is 15.5. The summed E-state index contributed by atoms with van der Waals surface area (Å²) in [7, 11) is -2.50. The van der Waals surface area contributed by atoms with E-state index in [4.69, 9.17) is 50.7 Å². The van der Waals surface area contributed by atoms with Crippen LogP contribution in [0.3, 0.4) is 0 Å². The van der Waals surface area contributed by atoms with Gasteiger partial charge in [0.2, 0.25) is 0 Å². The molecule has 2 saturated heterocycles. The fraction of sp³-hybridized carbons (Fsp3) is 0.500. The predicted octanol–water partition coefficient (Wildman–Crippen LogP) is 6.52. The molecule has 0 aliphatic carbocycles. The lowest BCUT2D eigenvalue weighted by Gasteiger charge is -2.28. The first kappa shape index (κ1) is 33.5. The number of nitrogens with zero attached hydrogens (tertiary/aromatic N) is 4. The van der Waals surface area contributed by atoms with E-state index in [1.165, 1.54) is 0 Å². The van der Waals surface area contributed by atoms with Crippen molar-refractivity contribution in [3.63, 3.8) is 0 Å². The summed E-state index contributed by atoms with van der Waals surface area (Å²) in [5.74, 6) is 4.89. The number of rotatable bonds is 2. The quantitative estimate of drug-likeness (QED) is 0.215. The molecule has 4 heterocycles. The SMILES string of the molecule is C#C[Si](C)(C)C.C[Si](C)(C)C#Cc1cc(Cl)cc(N2CCOCC2)n1.Clc1cc(Cl)nc(N2CCOCC2)c1. The van der Waals surface area contributed by atoms with Crippen molar-refractivity contribution < 1.29 is 9.47 Å². The van der Waals surface area contributed by atoms with Crippen molar-refractivity contribution in [2.75, 3.05) is 62.4 Å². The fourth-order valence-electron chi connectivity index (χ4n) is 3.16. The third kappa shape index (κ3) is 13.9. The summed E-state index contributed by atoms with van der Waals surface area (Å²) < 4.78 is 10.6. The largest absolute Gasteiger partial charge is 0.378 e. The number of pyridine rings is 2. The molecular formula is C28H39Cl3N4O2Si2. The van der Waals surface area contributed by atoms with E-state index in [2.05, 4.69) is 76.1 Å². The fourth-order valence-corrected chi connectivity index (χ4v) is 4.33. The van der Waals surface area contributed by atoms with Gasteiger partial charge in [-0.1, -0.05) is 80.0 Å². The van der Waals surface area contributed by atoms with Gasteiger partial charge in [0.05, 0.1) is 26.4 Å². The topological polar surface area (TPSA) is 50.7 Å². The van der Waals surface area contributed by atoms with Crippen molar-refractivity contribution in [1.29, 1.82) is 0 Å². The first-order valence-corrected chi connectivity index (χ1v) is 21.1. The molecule has 0 saturated carbocycles. The maximum atomic E-state index is 6.16. The molecule has 0 N–H and O–H groups in total. The highest BCUT2D eigenvalue weighted by Gasteiger charge is 2.15. The summed E-state index contributed by atoms with van der Waals surface area (Å²) in [6.07, 6.45) is 5.12. The van der Waals surface area contributed by atoms with E-state index in [-0.39, 0.29) is 0 Å². The molecule has 6 nitrogen and oxygen atoms in total. The monoisotopic (exact) mass is 624 g/mol. The van der Waals surface area contributed by atoms with Crippen molar-refractivity contribution in [2.45, 2.75) is 39.3 Å². The van der Waals surface area contributed by atoms with Gasteiger partial charge in [-0.3, -0.25) is 0 Å². The summed E-state index contributed by atoms with van der Waals surface area (Å²) in [4.78, 5) is 13.1. The number of hydrogen-bond acceptors (Lipinski definition) is 6. The molecule has 2 fully saturated rings. The van der Waals surface area contributed by atoms with Crippen LogP contribution in [0.1, 0.15) is 5.69 Å². The van der Waals surface area contributed by atoms with Gasteiger partial charge in [-0.15, -0.1) is 17.5 Å². The molecule has 0 unspecified atom stereocenters. The maximum Gasteiger partial charge on any atom is 0.132 e. The Labute approximate surface area is 251 Å². The lowest BCUT2D eigenvalue weighted by Crippen LogP contribution is -2.36. The van der Waals surface area contributed by atoms with Crippen LogP contribution in [-0.4, -0.2) is 78.7 Å². The van der Waals surface area contributed by atoms with Gasteiger partial charge < -0.3 is 19.3 Å². The molecule has 11 heteroatoms. The van der Waals surface area contributed by atoms with Crippen LogP contribution in [0.25, 0.3) is 0 Å². The van der Waals surface area contributed by atoms with Crippen LogP contribution >= 0.6 is 34.8 Å². The van der Waals surface area contributed by atoms with Gasteiger partial charge in [-0.2, -0.15) is 0 Å². The number of ether oxygens (including phenoxy) is 2. The van der Waals surface area contributed by atoms with Gasteiger partial charge in [-0.25, -0.2) is 9.97 Å². The van der Waals surface area contributed by atoms with E-state index < -0.39 is 16.1 Å². The van der Waals surface area contributed by atoms with Crippen molar-refractivity contribution in [3.05, 3.63) is 45.2 Å². The van der Waals surface area contributed by atoms with E-state index in [1.54, 1.807) is 6.07 Å². The lowest BCUT2D eigenvalue weighted by atomic mass is 10.3. The van der Waals surface area contributed by atoms with E-state index >= 15 is 0 Å². The van der Waals surface area contributed by atoms with Crippen LogP contribution in [0.4, 0.5) is 11.6 Å². The Kier molecular flexibility index (Phi) is 13.6. The highest BCUT2D eigenvalue weighted by Crippen LogP contribution is 2.22. The first-order valence-electron chi connectivity index (χ1n) is 12.9. The summed E-state index contributed by atoms with van der Waals surface area (Å²) in [5, 5.41) is 1.74. The maximum absolute atomic E-state index is 6.16. The Morgan fingerprint density at radius 2 is 1.15 bits per heavy atom. The summed E-state index contributed by atoms with van der Waals surface area (Å²) in [5.41, 5.74) is 6.82. The minimum atomic E-state index is -1.39. The van der Waals surface area contributed by atoms with Crippen LogP contribution in [0.15, 0.2) is 24.3 Å². The Balaban J connectivity index is 0.000000234. The molecule has 0 radical (unpaired) electrons. The van der Waals surface area contributed by atoms with Crippen LogP contribution in [0, 0.1) is 23.4 Å². The summed E-state index contributed by atoms with van der Waals surface area (Å²) >= 11 is 17.9. The molecule has 0 aromatic carbocycles. The van der Waals surface area contributed by atoms with Gasteiger partial charge in [-0.05, 0) is 24.3 Å². The lowest BCUT2D eigenvalue weighted by molar-refractivity contribution is 0.122. The molecule has 2 aromatic heterocycles. The van der Waals surface area contributed by atoms with Crippen molar-refractivity contribution >= 4 is 62.6 Å². The van der Waals surface area contributed by atoms with Gasteiger partial charge in [0.1, 0.15) is 38.6 Å². The van der Waals surface area contributed by atoms with E-state index in [9.17, 15) is 0 Å². The third-order valence-corrected chi connectivity index (χ3v) is 7.56. The van der Waals surface area contributed by atoms with Crippen LogP contribution in [0.5, 0.6) is 0 Å². The molecular weight excluding hydrogens is 587 g/mol. The molecule has 4 rings (SSSR count). The average molecular weight is 626 g/mol. The molecule has 0 amide bonds. The van der Waals surface area contributed by atoms with Crippen molar-refractivity contribution in [2.24, 2.45) is 0 Å².